The zero-order valence-corrected chi connectivity index (χ0v) is 9.77. The van der Waals surface area contributed by atoms with Crippen LogP contribution < -0.4 is 10.1 Å². The molecule has 0 unspecified atom stereocenters. The summed E-state index contributed by atoms with van der Waals surface area (Å²) in [4.78, 5) is 0. The normalized spacial score (nSPS) is 12.4. The van der Waals surface area contributed by atoms with E-state index in [4.69, 9.17) is 9.47 Å². The van der Waals surface area contributed by atoms with Gasteiger partial charge in [0.1, 0.15) is 5.75 Å². The van der Waals surface area contributed by atoms with Gasteiger partial charge in [0.15, 0.2) is 0 Å². The monoisotopic (exact) mass is 225 g/mol. The first kappa shape index (κ1) is 13.0. The van der Waals surface area contributed by atoms with Crippen LogP contribution in [0.1, 0.15) is 5.56 Å². The lowest BCUT2D eigenvalue weighted by atomic mass is 10.2. The average Bonchev–Trinajstić information content (AvgIpc) is 2.30. The summed E-state index contributed by atoms with van der Waals surface area (Å²) in [5.41, 5.74) is 1.07. The maximum absolute atomic E-state index is 9.40. The summed E-state index contributed by atoms with van der Waals surface area (Å²) >= 11 is 0. The third-order valence-corrected chi connectivity index (χ3v) is 2.18. The highest BCUT2D eigenvalue weighted by Gasteiger charge is 2.02. The molecule has 0 fully saturated rings. The Balaban J connectivity index is 2.26. The maximum Gasteiger partial charge on any atom is 0.118 e. The van der Waals surface area contributed by atoms with E-state index >= 15 is 0 Å². The lowest BCUT2D eigenvalue weighted by Crippen LogP contribution is -2.27. The minimum absolute atomic E-state index is 0.340. The zero-order chi connectivity index (χ0) is 11.8. The van der Waals surface area contributed by atoms with Crippen molar-refractivity contribution < 1.29 is 14.6 Å². The largest absolute Gasteiger partial charge is 0.497 e. The van der Waals surface area contributed by atoms with E-state index in [0.29, 0.717) is 19.8 Å². The second-order valence-corrected chi connectivity index (χ2v) is 3.57. The molecule has 0 amide bonds. The number of rotatable bonds is 7. The van der Waals surface area contributed by atoms with Crippen LogP contribution in [0.5, 0.6) is 5.75 Å². The summed E-state index contributed by atoms with van der Waals surface area (Å²) in [7, 11) is 3.44. The molecule has 1 aromatic carbocycles. The quantitative estimate of drug-likeness (QED) is 0.720. The second-order valence-electron chi connectivity index (χ2n) is 3.57. The molecule has 90 valence electrons. The Hall–Kier alpha value is -1.10. The summed E-state index contributed by atoms with van der Waals surface area (Å²) in [5.74, 6) is 0.832. The summed E-state index contributed by atoms with van der Waals surface area (Å²) in [6, 6.07) is 7.68. The number of nitrogens with one attached hydrogen (secondary N) is 1. The molecule has 0 aromatic heterocycles. The van der Waals surface area contributed by atoms with Gasteiger partial charge in [-0.1, -0.05) is 12.1 Å². The summed E-state index contributed by atoms with van der Waals surface area (Å²) in [6.07, 6.45) is -0.455. The van der Waals surface area contributed by atoms with Gasteiger partial charge in [-0.3, -0.25) is 0 Å². The Kier molecular flexibility index (Phi) is 5.85. The van der Waals surface area contributed by atoms with Gasteiger partial charge in [0.05, 0.1) is 26.4 Å². The Bertz CT molecular complexity index is 287. The van der Waals surface area contributed by atoms with Crippen molar-refractivity contribution in [2.24, 2.45) is 0 Å². The summed E-state index contributed by atoms with van der Waals surface area (Å²) in [5, 5.41) is 12.3. The van der Waals surface area contributed by atoms with Gasteiger partial charge >= 0.3 is 0 Å². The van der Waals surface area contributed by atoms with Crippen LogP contribution in [-0.2, 0) is 11.3 Å². The van der Waals surface area contributed by atoms with Crippen LogP contribution >= 0.6 is 0 Å². The van der Waals surface area contributed by atoms with E-state index in [-0.39, 0.29) is 0 Å². The molecule has 0 saturated heterocycles. The van der Waals surface area contributed by atoms with Crippen molar-refractivity contribution in [1.82, 2.24) is 5.32 Å². The highest BCUT2D eigenvalue weighted by atomic mass is 16.5. The number of benzene rings is 1. The molecule has 1 aromatic rings. The smallest absolute Gasteiger partial charge is 0.118 e. The molecule has 4 heteroatoms. The zero-order valence-electron chi connectivity index (χ0n) is 9.77. The minimum atomic E-state index is -0.455. The molecule has 0 heterocycles. The molecular weight excluding hydrogens is 206 g/mol. The predicted molar refractivity (Wildman–Crippen MR) is 62.6 cm³/mol. The number of methoxy groups -OCH3 is 1. The lowest BCUT2D eigenvalue weighted by molar-refractivity contribution is 0.0297. The number of likely N-dealkylation sites (N-methyl/N-ethyl adjacent to an activating group) is 1. The van der Waals surface area contributed by atoms with Crippen LogP contribution in [0.2, 0.25) is 0 Å². The van der Waals surface area contributed by atoms with E-state index in [1.54, 1.807) is 14.2 Å². The van der Waals surface area contributed by atoms with Gasteiger partial charge in [-0.25, -0.2) is 0 Å². The SMILES string of the molecule is CNC[C@@H](O)COCc1ccc(OC)cc1. The molecule has 16 heavy (non-hydrogen) atoms. The van der Waals surface area contributed by atoms with Crippen molar-refractivity contribution in [3.63, 3.8) is 0 Å². The van der Waals surface area contributed by atoms with E-state index in [9.17, 15) is 5.11 Å². The van der Waals surface area contributed by atoms with Gasteiger partial charge in [0, 0.05) is 6.54 Å². The molecule has 2 N–H and O–H groups in total. The number of aliphatic hydroxyl groups excluding tert-OH is 1. The third-order valence-electron chi connectivity index (χ3n) is 2.18. The van der Waals surface area contributed by atoms with Gasteiger partial charge in [0.25, 0.3) is 0 Å². The Labute approximate surface area is 96.2 Å². The molecule has 4 nitrogen and oxygen atoms in total. The van der Waals surface area contributed by atoms with Crippen LogP contribution in [0.4, 0.5) is 0 Å². The van der Waals surface area contributed by atoms with Crippen LogP contribution in [0.15, 0.2) is 24.3 Å². The molecule has 0 aliphatic rings. The molecule has 0 aliphatic carbocycles. The van der Waals surface area contributed by atoms with Crippen LogP contribution in [0.3, 0.4) is 0 Å². The van der Waals surface area contributed by atoms with E-state index in [2.05, 4.69) is 5.32 Å². The Morgan fingerprint density at radius 3 is 2.56 bits per heavy atom. The van der Waals surface area contributed by atoms with Crippen molar-refractivity contribution in [2.45, 2.75) is 12.7 Å². The first-order chi connectivity index (χ1) is 7.76. The Morgan fingerprint density at radius 2 is 2.00 bits per heavy atom. The summed E-state index contributed by atoms with van der Waals surface area (Å²) < 4.78 is 10.4. The topological polar surface area (TPSA) is 50.7 Å². The van der Waals surface area contributed by atoms with Crippen molar-refractivity contribution in [2.75, 3.05) is 27.3 Å². The third kappa shape index (κ3) is 4.61. The molecule has 0 bridgehead atoms. The molecule has 0 radical (unpaired) electrons. The van der Waals surface area contributed by atoms with Gasteiger partial charge < -0.3 is 19.9 Å². The molecule has 0 saturated carbocycles. The highest BCUT2D eigenvalue weighted by Crippen LogP contribution is 2.11. The Morgan fingerprint density at radius 1 is 1.31 bits per heavy atom. The molecule has 1 rings (SSSR count). The van der Waals surface area contributed by atoms with Crippen LogP contribution in [0, 0.1) is 0 Å². The number of hydrogen-bond donors (Lipinski definition) is 2. The molecule has 0 aliphatic heterocycles. The summed E-state index contributed by atoms with van der Waals surface area (Å²) in [6.45, 7) is 1.39. The molecular formula is C12H19NO3. The van der Waals surface area contributed by atoms with E-state index in [1.165, 1.54) is 0 Å². The average molecular weight is 225 g/mol. The van der Waals surface area contributed by atoms with Gasteiger partial charge in [-0.15, -0.1) is 0 Å². The minimum Gasteiger partial charge on any atom is -0.497 e. The van der Waals surface area contributed by atoms with E-state index < -0.39 is 6.10 Å². The first-order valence-electron chi connectivity index (χ1n) is 5.29. The molecule has 0 spiro atoms. The number of ether oxygens (including phenoxy) is 2. The van der Waals surface area contributed by atoms with Crippen molar-refractivity contribution >= 4 is 0 Å². The standard InChI is InChI=1S/C12H19NO3/c1-13-7-11(14)9-16-8-10-3-5-12(15-2)6-4-10/h3-6,11,13-14H,7-9H2,1-2H3/t11-/m1/s1. The highest BCUT2D eigenvalue weighted by molar-refractivity contribution is 5.26. The van der Waals surface area contributed by atoms with Gasteiger partial charge in [-0.05, 0) is 24.7 Å². The fourth-order valence-corrected chi connectivity index (χ4v) is 1.33. The van der Waals surface area contributed by atoms with Gasteiger partial charge in [-0.2, -0.15) is 0 Å². The fourth-order valence-electron chi connectivity index (χ4n) is 1.33. The van der Waals surface area contributed by atoms with Crippen molar-refractivity contribution in [3.8, 4) is 5.75 Å². The van der Waals surface area contributed by atoms with Crippen molar-refractivity contribution in [3.05, 3.63) is 29.8 Å². The predicted octanol–water partition coefficient (Wildman–Crippen LogP) is 0.792. The van der Waals surface area contributed by atoms with Crippen molar-refractivity contribution in [1.29, 1.82) is 0 Å². The number of hydrogen-bond acceptors (Lipinski definition) is 4. The lowest BCUT2D eigenvalue weighted by Gasteiger charge is -2.10. The second kappa shape index (κ2) is 7.22. The maximum atomic E-state index is 9.40. The van der Waals surface area contributed by atoms with Crippen LogP contribution in [0.25, 0.3) is 0 Å². The molecule has 1 atom stereocenters. The van der Waals surface area contributed by atoms with Crippen LogP contribution in [-0.4, -0.2) is 38.5 Å². The number of aliphatic hydroxyl groups is 1. The van der Waals surface area contributed by atoms with Gasteiger partial charge in [0.2, 0.25) is 0 Å². The van der Waals surface area contributed by atoms with E-state index in [1.807, 2.05) is 24.3 Å². The van der Waals surface area contributed by atoms with E-state index in [0.717, 1.165) is 11.3 Å². The fraction of sp³-hybridized carbons (Fsp3) is 0.500. The first-order valence-corrected chi connectivity index (χ1v) is 5.29.